The maximum absolute atomic E-state index is 5.34. The summed E-state index contributed by atoms with van der Waals surface area (Å²) in [5.74, 6) is 0.771. The van der Waals surface area contributed by atoms with Crippen LogP contribution in [-0.2, 0) is 17.9 Å². The van der Waals surface area contributed by atoms with Gasteiger partial charge in [0.1, 0.15) is 6.61 Å². The van der Waals surface area contributed by atoms with Crippen LogP contribution in [-0.4, -0.2) is 18.3 Å². The largest absolute Gasteiger partial charge is 0.369 e. The number of aromatic nitrogens is 1. The average Bonchev–Trinajstić information content (AvgIpc) is 2.69. The molecular formula is C11H18N2O2. The summed E-state index contributed by atoms with van der Waals surface area (Å²) in [5.41, 5.74) is 0.918. The van der Waals surface area contributed by atoms with Crippen molar-refractivity contribution in [2.75, 3.05) is 13.2 Å². The van der Waals surface area contributed by atoms with E-state index in [-0.39, 0.29) is 0 Å². The first-order valence-corrected chi connectivity index (χ1v) is 5.21. The molecule has 0 bridgehead atoms. The summed E-state index contributed by atoms with van der Waals surface area (Å²) in [6, 6.07) is 1.92. The Morgan fingerprint density at radius 2 is 2.47 bits per heavy atom. The molecule has 0 radical (unpaired) electrons. The van der Waals surface area contributed by atoms with Gasteiger partial charge < -0.3 is 14.6 Å². The molecule has 15 heavy (non-hydrogen) atoms. The molecule has 0 aliphatic carbocycles. The molecule has 1 rings (SSSR count). The lowest BCUT2D eigenvalue weighted by atomic mass is 10.3. The first-order chi connectivity index (χ1) is 7.36. The summed E-state index contributed by atoms with van der Waals surface area (Å²) in [5, 5.41) is 7.10. The van der Waals surface area contributed by atoms with Gasteiger partial charge in [-0.15, -0.1) is 0 Å². The molecule has 1 aromatic rings. The van der Waals surface area contributed by atoms with Crippen LogP contribution in [0.15, 0.2) is 22.7 Å². The van der Waals surface area contributed by atoms with E-state index in [4.69, 9.17) is 9.26 Å². The van der Waals surface area contributed by atoms with Gasteiger partial charge in [0.15, 0.2) is 5.76 Å². The summed E-state index contributed by atoms with van der Waals surface area (Å²) >= 11 is 0. The van der Waals surface area contributed by atoms with Crippen molar-refractivity contribution in [2.45, 2.75) is 27.0 Å². The van der Waals surface area contributed by atoms with E-state index in [0.29, 0.717) is 13.2 Å². The number of rotatable bonds is 7. The monoisotopic (exact) mass is 210 g/mol. The Bertz CT molecular complexity index is 295. The highest BCUT2D eigenvalue weighted by atomic mass is 16.5. The molecule has 0 fully saturated rings. The predicted octanol–water partition coefficient (Wildman–Crippen LogP) is 1.88. The van der Waals surface area contributed by atoms with Gasteiger partial charge in [0.25, 0.3) is 0 Å². The van der Waals surface area contributed by atoms with Crippen LogP contribution >= 0.6 is 0 Å². The third-order valence-corrected chi connectivity index (χ3v) is 1.86. The Morgan fingerprint density at radius 1 is 1.60 bits per heavy atom. The number of hydrogen-bond donors (Lipinski definition) is 1. The highest BCUT2D eigenvalue weighted by Gasteiger charge is 2.02. The molecule has 0 unspecified atom stereocenters. The molecule has 0 aliphatic heterocycles. The van der Waals surface area contributed by atoms with Crippen molar-refractivity contribution in [1.82, 2.24) is 10.5 Å². The molecule has 0 saturated heterocycles. The van der Waals surface area contributed by atoms with Crippen LogP contribution in [0.2, 0.25) is 0 Å². The number of nitrogens with one attached hydrogen (secondary N) is 1. The summed E-state index contributed by atoms with van der Waals surface area (Å²) in [4.78, 5) is 0. The second kappa shape index (κ2) is 7.20. The van der Waals surface area contributed by atoms with E-state index in [1.54, 1.807) is 0 Å². The van der Waals surface area contributed by atoms with Crippen LogP contribution < -0.4 is 5.32 Å². The highest BCUT2D eigenvalue weighted by molar-refractivity contribution is 5.04. The van der Waals surface area contributed by atoms with E-state index in [9.17, 15) is 0 Å². The number of nitrogens with zero attached hydrogens (tertiary/aromatic N) is 1. The first-order valence-electron chi connectivity index (χ1n) is 5.21. The van der Waals surface area contributed by atoms with Gasteiger partial charge in [-0.1, -0.05) is 24.2 Å². The number of hydrogen-bond acceptors (Lipinski definition) is 4. The van der Waals surface area contributed by atoms with Crippen LogP contribution in [0.5, 0.6) is 0 Å². The molecule has 0 aromatic carbocycles. The fraction of sp³-hybridized carbons (Fsp3) is 0.545. The van der Waals surface area contributed by atoms with Gasteiger partial charge in [-0.05, 0) is 13.5 Å². The van der Waals surface area contributed by atoms with Crippen LogP contribution in [0.3, 0.4) is 0 Å². The lowest BCUT2D eigenvalue weighted by molar-refractivity contribution is 0.125. The molecule has 0 atom stereocenters. The summed E-state index contributed by atoms with van der Waals surface area (Å²) in [6.07, 6.45) is 3.91. The predicted molar refractivity (Wildman–Crippen MR) is 58.4 cm³/mol. The molecule has 1 aromatic heterocycles. The number of ether oxygens (including phenoxy) is 1. The van der Waals surface area contributed by atoms with Crippen molar-refractivity contribution in [3.8, 4) is 0 Å². The minimum Gasteiger partial charge on any atom is -0.369 e. The lowest BCUT2D eigenvalue weighted by Crippen LogP contribution is -2.11. The van der Waals surface area contributed by atoms with Crippen LogP contribution in [0.25, 0.3) is 0 Å². The van der Waals surface area contributed by atoms with E-state index in [2.05, 4.69) is 17.4 Å². The van der Waals surface area contributed by atoms with Gasteiger partial charge >= 0.3 is 0 Å². The Labute approximate surface area is 90.3 Å². The van der Waals surface area contributed by atoms with E-state index >= 15 is 0 Å². The molecule has 84 valence electrons. The van der Waals surface area contributed by atoms with Crippen molar-refractivity contribution in [3.05, 3.63) is 29.7 Å². The Morgan fingerprint density at radius 3 is 3.20 bits per heavy atom. The Balaban J connectivity index is 2.26. The zero-order valence-electron chi connectivity index (χ0n) is 9.32. The van der Waals surface area contributed by atoms with Crippen molar-refractivity contribution in [1.29, 1.82) is 0 Å². The van der Waals surface area contributed by atoms with Crippen LogP contribution in [0.1, 0.15) is 25.3 Å². The van der Waals surface area contributed by atoms with Crippen LogP contribution in [0, 0.1) is 0 Å². The Kier molecular flexibility index (Phi) is 5.73. The Hall–Kier alpha value is -1.13. The maximum atomic E-state index is 5.34. The molecule has 0 spiro atoms. The third-order valence-electron chi connectivity index (χ3n) is 1.86. The van der Waals surface area contributed by atoms with Crippen molar-refractivity contribution < 1.29 is 9.26 Å². The first kappa shape index (κ1) is 11.9. The topological polar surface area (TPSA) is 47.3 Å². The summed E-state index contributed by atoms with van der Waals surface area (Å²) < 4.78 is 10.4. The van der Waals surface area contributed by atoms with Crippen molar-refractivity contribution in [3.63, 3.8) is 0 Å². The standard InChI is InChI=1S/C11H18N2O2/c1-3-5-6-14-9-11-7-10(13-15-11)8-12-4-2/h3,5,7,12H,4,6,8-9H2,1-2H3. The zero-order valence-corrected chi connectivity index (χ0v) is 9.32. The molecule has 0 saturated carbocycles. The highest BCUT2D eigenvalue weighted by Crippen LogP contribution is 2.04. The molecule has 1 heterocycles. The fourth-order valence-electron chi connectivity index (χ4n) is 1.08. The molecule has 4 heteroatoms. The second-order valence-corrected chi connectivity index (χ2v) is 3.15. The SMILES string of the molecule is CC=CCOCc1cc(CNCC)no1. The lowest BCUT2D eigenvalue weighted by Gasteiger charge is -1.95. The van der Waals surface area contributed by atoms with Gasteiger partial charge in [-0.25, -0.2) is 0 Å². The second-order valence-electron chi connectivity index (χ2n) is 3.15. The van der Waals surface area contributed by atoms with E-state index in [1.165, 1.54) is 0 Å². The van der Waals surface area contributed by atoms with Gasteiger partial charge in [0.2, 0.25) is 0 Å². The molecule has 0 amide bonds. The molecule has 0 aliphatic rings. The van der Waals surface area contributed by atoms with Crippen LogP contribution in [0.4, 0.5) is 0 Å². The molecular weight excluding hydrogens is 192 g/mol. The molecule has 4 nitrogen and oxygen atoms in total. The molecule has 1 N–H and O–H groups in total. The number of allylic oxidation sites excluding steroid dienone is 1. The van der Waals surface area contributed by atoms with E-state index in [0.717, 1.165) is 24.5 Å². The summed E-state index contributed by atoms with van der Waals surface area (Å²) in [7, 11) is 0. The smallest absolute Gasteiger partial charge is 0.162 e. The fourth-order valence-corrected chi connectivity index (χ4v) is 1.08. The third kappa shape index (κ3) is 4.76. The minimum absolute atomic E-state index is 0.476. The van der Waals surface area contributed by atoms with Gasteiger partial charge in [0, 0.05) is 12.6 Å². The van der Waals surface area contributed by atoms with Gasteiger partial charge in [0.05, 0.1) is 12.3 Å². The van der Waals surface area contributed by atoms with E-state index in [1.807, 2.05) is 25.1 Å². The zero-order chi connectivity index (χ0) is 10.9. The normalized spacial score (nSPS) is 11.3. The van der Waals surface area contributed by atoms with Gasteiger partial charge in [-0.3, -0.25) is 0 Å². The minimum atomic E-state index is 0.476. The van der Waals surface area contributed by atoms with Crippen molar-refractivity contribution in [2.24, 2.45) is 0 Å². The van der Waals surface area contributed by atoms with Crippen molar-refractivity contribution >= 4 is 0 Å². The average molecular weight is 210 g/mol. The summed E-state index contributed by atoms with van der Waals surface area (Å²) in [6.45, 7) is 6.78. The van der Waals surface area contributed by atoms with E-state index < -0.39 is 0 Å². The van der Waals surface area contributed by atoms with Gasteiger partial charge in [-0.2, -0.15) is 0 Å². The maximum Gasteiger partial charge on any atom is 0.162 e. The quantitative estimate of drug-likeness (QED) is 0.551.